The standard InChI is InChI=1S/C15H20O6/c1-4-5-6-7-9-12(14(18)20-2)10(16)8-11(17)13(9)15(19)21-3/h8,16-17H,4-7H2,1-3H3. The van der Waals surface area contributed by atoms with Crippen molar-refractivity contribution in [2.24, 2.45) is 0 Å². The Morgan fingerprint density at radius 2 is 1.48 bits per heavy atom. The Labute approximate surface area is 123 Å². The van der Waals surface area contributed by atoms with Gasteiger partial charge < -0.3 is 19.7 Å². The molecule has 0 saturated heterocycles. The first-order valence-electron chi connectivity index (χ1n) is 6.72. The van der Waals surface area contributed by atoms with Gasteiger partial charge in [-0.25, -0.2) is 9.59 Å². The molecule has 6 nitrogen and oxygen atoms in total. The lowest BCUT2D eigenvalue weighted by Gasteiger charge is -2.15. The van der Waals surface area contributed by atoms with E-state index in [-0.39, 0.29) is 16.7 Å². The van der Waals surface area contributed by atoms with E-state index in [1.807, 2.05) is 6.92 Å². The van der Waals surface area contributed by atoms with Crippen LogP contribution in [0.15, 0.2) is 6.07 Å². The Bertz CT molecular complexity index is 495. The van der Waals surface area contributed by atoms with Gasteiger partial charge in [0.25, 0.3) is 0 Å². The Hall–Kier alpha value is -2.24. The molecule has 1 aromatic carbocycles. The molecule has 116 valence electrons. The summed E-state index contributed by atoms with van der Waals surface area (Å²) in [5, 5.41) is 19.8. The molecule has 0 aromatic heterocycles. The van der Waals surface area contributed by atoms with Crippen LogP contribution in [0, 0.1) is 0 Å². The number of aromatic hydroxyl groups is 2. The van der Waals surface area contributed by atoms with Crippen LogP contribution in [0.25, 0.3) is 0 Å². The average molecular weight is 296 g/mol. The molecule has 0 heterocycles. The van der Waals surface area contributed by atoms with Crippen molar-refractivity contribution in [3.63, 3.8) is 0 Å². The summed E-state index contributed by atoms with van der Waals surface area (Å²) < 4.78 is 9.28. The van der Waals surface area contributed by atoms with Crippen LogP contribution >= 0.6 is 0 Å². The number of benzene rings is 1. The second-order valence-corrected chi connectivity index (χ2v) is 4.58. The molecule has 0 aliphatic carbocycles. The van der Waals surface area contributed by atoms with Crippen LogP contribution in [0.1, 0.15) is 52.5 Å². The lowest BCUT2D eigenvalue weighted by Crippen LogP contribution is -2.13. The molecular formula is C15H20O6. The van der Waals surface area contributed by atoms with Crippen LogP contribution in [-0.2, 0) is 15.9 Å². The molecule has 21 heavy (non-hydrogen) atoms. The third kappa shape index (κ3) is 3.65. The number of methoxy groups -OCH3 is 2. The molecule has 0 amide bonds. The van der Waals surface area contributed by atoms with Crippen LogP contribution in [0.5, 0.6) is 11.5 Å². The van der Waals surface area contributed by atoms with Gasteiger partial charge in [0.15, 0.2) is 0 Å². The fraction of sp³-hybridized carbons (Fsp3) is 0.467. The Balaban J connectivity index is 3.46. The molecule has 2 N–H and O–H groups in total. The minimum atomic E-state index is -0.760. The molecule has 0 spiro atoms. The first kappa shape index (κ1) is 16.8. The van der Waals surface area contributed by atoms with Crippen LogP contribution in [0.2, 0.25) is 0 Å². The van der Waals surface area contributed by atoms with Crippen molar-refractivity contribution < 1.29 is 29.3 Å². The van der Waals surface area contributed by atoms with Gasteiger partial charge in [-0.2, -0.15) is 0 Å². The van der Waals surface area contributed by atoms with Gasteiger partial charge >= 0.3 is 11.9 Å². The van der Waals surface area contributed by atoms with Crippen molar-refractivity contribution in [1.82, 2.24) is 0 Å². The van der Waals surface area contributed by atoms with Crippen molar-refractivity contribution in [3.8, 4) is 11.5 Å². The summed E-state index contributed by atoms with van der Waals surface area (Å²) in [4.78, 5) is 23.7. The van der Waals surface area contributed by atoms with Gasteiger partial charge in [-0.3, -0.25) is 0 Å². The Morgan fingerprint density at radius 1 is 1.00 bits per heavy atom. The second kappa shape index (κ2) is 7.52. The maximum absolute atomic E-state index is 11.8. The molecule has 1 rings (SSSR count). The highest BCUT2D eigenvalue weighted by atomic mass is 16.5. The SMILES string of the molecule is CCCCCc1c(C(=O)OC)c(O)cc(O)c1C(=O)OC. The lowest BCUT2D eigenvalue weighted by molar-refractivity contribution is 0.0592. The van der Waals surface area contributed by atoms with Gasteiger partial charge in [0.05, 0.1) is 14.2 Å². The molecule has 1 aromatic rings. The third-order valence-electron chi connectivity index (χ3n) is 3.20. The molecule has 0 saturated carbocycles. The fourth-order valence-corrected chi connectivity index (χ4v) is 2.17. The van der Waals surface area contributed by atoms with Gasteiger partial charge in [0, 0.05) is 6.07 Å². The highest BCUT2D eigenvalue weighted by Gasteiger charge is 2.27. The number of unbranched alkanes of at least 4 members (excludes halogenated alkanes) is 2. The minimum absolute atomic E-state index is 0.105. The number of carbonyl (C=O) groups is 2. The highest BCUT2D eigenvalue weighted by molar-refractivity contribution is 6.01. The maximum atomic E-state index is 11.8. The number of hydrogen-bond donors (Lipinski definition) is 2. The van der Waals surface area contributed by atoms with E-state index in [9.17, 15) is 19.8 Å². The molecule has 6 heteroatoms. The van der Waals surface area contributed by atoms with E-state index in [2.05, 4.69) is 9.47 Å². The van der Waals surface area contributed by atoms with E-state index in [0.717, 1.165) is 18.9 Å². The smallest absolute Gasteiger partial charge is 0.341 e. The summed E-state index contributed by atoms with van der Waals surface area (Å²) in [5.41, 5.74) is 0.0401. The van der Waals surface area contributed by atoms with Gasteiger partial charge in [0.1, 0.15) is 22.6 Å². The summed E-state index contributed by atoms with van der Waals surface area (Å²) in [6.07, 6.45) is 2.89. The highest BCUT2D eigenvalue weighted by Crippen LogP contribution is 2.34. The Morgan fingerprint density at radius 3 is 1.86 bits per heavy atom. The predicted molar refractivity (Wildman–Crippen MR) is 75.7 cm³/mol. The van der Waals surface area contributed by atoms with Crippen LogP contribution < -0.4 is 0 Å². The van der Waals surface area contributed by atoms with Gasteiger partial charge in [0.2, 0.25) is 0 Å². The molecule has 0 atom stereocenters. The van der Waals surface area contributed by atoms with E-state index < -0.39 is 23.4 Å². The summed E-state index contributed by atoms with van der Waals surface area (Å²) in [5.74, 6) is -2.36. The number of phenolic OH excluding ortho intramolecular Hbond substituents is 2. The summed E-state index contributed by atoms with van der Waals surface area (Å²) >= 11 is 0. The van der Waals surface area contributed by atoms with Crippen LogP contribution in [-0.4, -0.2) is 36.4 Å². The first-order valence-corrected chi connectivity index (χ1v) is 6.72. The number of phenols is 2. The number of ether oxygens (including phenoxy) is 2. The van der Waals surface area contributed by atoms with E-state index >= 15 is 0 Å². The number of rotatable bonds is 6. The summed E-state index contributed by atoms with van der Waals surface area (Å²) in [6, 6.07) is 0.946. The van der Waals surface area contributed by atoms with Gasteiger partial charge in [-0.05, 0) is 18.4 Å². The van der Waals surface area contributed by atoms with Crippen LogP contribution in [0.3, 0.4) is 0 Å². The van der Waals surface area contributed by atoms with Crippen molar-refractivity contribution in [3.05, 3.63) is 22.8 Å². The largest absolute Gasteiger partial charge is 0.507 e. The number of esters is 2. The monoisotopic (exact) mass is 296 g/mol. The molecule has 0 fully saturated rings. The van der Waals surface area contributed by atoms with E-state index in [0.29, 0.717) is 12.8 Å². The van der Waals surface area contributed by atoms with Crippen molar-refractivity contribution in [2.75, 3.05) is 14.2 Å². The van der Waals surface area contributed by atoms with Crippen molar-refractivity contribution in [1.29, 1.82) is 0 Å². The minimum Gasteiger partial charge on any atom is -0.507 e. The quantitative estimate of drug-likeness (QED) is 0.618. The number of carbonyl (C=O) groups excluding carboxylic acids is 2. The van der Waals surface area contributed by atoms with Gasteiger partial charge in [-0.1, -0.05) is 19.8 Å². The zero-order valence-corrected chi connectivity index (χ0v) is 12.4. The zero-order valence-electron chi connectivity index (χ0n) is 12.4. The summed E-state index contributed by atoms with van der Waals surface area (Å²) in [6.45, 7) is 2.02. The first-order chi connectivity index (χ1) is 9.97. The van der Waals surface area contributed by atoms with E-state index in [1.54, 1.807) is 0 Å². The fourth-order valence-electron chi connectivity index (χ4n) is 2.17. The molecule has 0 unspecified atom stereocenters. The second-order valence-electron chi connectivity index (χ2n) is 4.58. The summed E-state index contributed by atoms with van der Waals surface area (Å²) in [7, 11) is 2.37. The van der Waals surface area contributed by atoms with Gasteiger partial charge in [-0.15, -0.1) is 0 Å². The average Bonchev–Trinajstić information content (AvgIpc) is 2.46. The predicted octanol–water partition coefficient (Wildman–Crippen LogP) is 2.40. The van der Waals surface area contributed by atoms with E-state index in [1.165, 1.54) is 14.2 Å². The normalized spacial score (nSPS) is 10.2. The molecule has 0 bridgehead atoms. The lowest BCUT2D eigenvalue weighted by atomic mass is 9.94. The maximum Gasteiger partial charge on any atom is 0.341 e. The van der Waals surface area contributed by atoms with Crippen molar-refractivity contribution >= 4 is 11.9 Å². The Kier molecular flexibility index (Phi) is 6.02. The molecule has 0 aliphatic rings. The van der Waals surface area contributed by atoms with Crippen molar-refractivity contribution in [2.45, 2.75) is 32.6 Å². The van der Waals surface area contributed by atoms with E-state index in [4.69, 9.17) is 0 Å². The molecule has 0 aliphatic heterocycles. The zero-order chi connectivity index (χ0) is 16.0. The third-order valence-corrected chi connectivity index (χ3v) is 3.20. The molecular weight excluding hydrogens is 276 g/mol. The topological polar surface area (TPSA) is 93.1 Å². The van der Waals surface area contributed by atoms with Crippen LogP contribution in [0.4, 0.5) is 0 Å². The molecule has 0 radical (unpaired) electrons. The number of hydrogen-bond acceptors (Lipinski definition) is 6.